The van der Waals surface area contributed by atoms with E-state index in [1.807, 2.05) is 23.9 Å². The number of rotatable bonds is 2. The van der Waals surface area contributed by atoms with E-state index in [2.05, 4.69) is 0 Å². The predicted molar refractivity (Wildman–Crippen MR) is 62.3 cm³/mol. The first-order valence-corrected chi connectivity index (χ1v) is 6.34. The van der Waals surface area contributed by atoms with Crippen LogP contribution in [0.3, 0.4) is 0 Å². The molecule has 0 aromatic heterocycles. The lowest BCUT2D eigenvalue weighted by Gasteiger charge is -2.12. The molecule has 2 atom stereocenters. The Bertz CT molecular complexity index is 299. The second-order valence-corrected chi connectivity index (χ2v) is 5.32. The molecular weight excluding hydrogens is 216 g/mol. The number of aromatic hydroxyl groups is 1. The molecule has 1 aliphatic rings. The maximum atomic E-state index is 9.14. The molecule has 1 nitrogen and oxygen atoms in total. The van der Waals surface area contributed by atoms with Crippen molar-refractivity contribution in [2.45, 2.75) is 11.8 Å². The molecule has 0 bridgehead atoms. The van der Waals surface area contributed by atoms with E-state index in [1.54, 1.807) is 12.1 Å². The van der Waals surface area contributed by atoms with Gasteiger partial charge in [-0.2, -0.15) is 11.8 Å². The molecule has 0 amide bonds. The Morgan fingerprint density at radius 2 is 2.00 bits per heavy atom. The summed E-state index contributed by atoms with van der Waals surface area (Å²) < 4.78 is 0. The number of hydrogen-bond acceptors (Lipinski definition) is 2. The first-order valence-electron chi connectivity index (χ1n) is 4.75. The molecule has 1 aromatic rings. The van der Waals surface area contributed by atoms with Crippen molar-refractivity contribution in [3.05, 3.63) is 29.8 Å². The first kappa shape index (κ1) is 10.2. The average molecular weight is 229 g/mol. The average Bonchev–Trinajstić information content (AvgIpc) is 2.56. The molecule has 1 saturated heterocycles. The molecule has 2 rings (SSSR count). The van der Waals surface area contributed by atoms with Crippen LogP contribution in [-0.4, -0.2) is 22.0 Å². The van der Waals surface area contributed by atoms with Crippen molar-refractivity contribution in [3.8, 4) is 5.75 Å². The van der Waals surface area contributed by atoms with Gasteiger partial charge in [-0.3, -0.25) is 0 Å². The summed E-state index contributed by atoms with van der Waals surface area (Å²) in [5.74, 6) is 3.16. The molecule has 76 valence electrons. The van der Waals surface area contributed by atoms with Crippen LogP contribution in [0.1, 0.15) is 5.56 Å². The van der Waals surface area contributed by atoms with E-state index in [0.717, 1.165) is 17.9 Å². The monoisotopic (exact) mass is 228 g/mol. The molecule has 1 N–H and O–H groups in total. The van der Waals surface area contributed by atoms with Crippen LogP contribution < -0.4 is 0 Å². The lowest BCUT2D eigenvalue weighted by molar-refractivity contribution is 0.474. The normalized spacial score (nSPS) is 26.6. The summed E-state index contributed by atoms with van der Waals surface area (Å²) >= 11 is 8.12. The van der Waals surface area contributed by atoms with Crippen molar-refractivity contribution in [2.75, 3.05) is 11.5 Å². The predicted octanol–water partition coefficient (Wildman–Crippen LogP) is 2.91. The van der Waals surface area contributed by atoms with E-state index in [1.165, 1.54) is 5.56 Å². The van der Waals surface area contributed by atoms with Gasteiger partial charge in [0.15, 0.2) is 0 Å². The van der Waals surface area contributed by atoms with E-state index in [0.29, 0.717) is 17.0 Å². The maximum absolute atomic E-state index is 9.14. The fraction of sp³-hybridized carbons (Fsp3) is 0.455. The molecule has 0 aliphatic carbocycles. The number of benzene rings is 1. The van der Waals surface area contributed by atoms with Crippen molar-refractivity contribution >= 4 is 23.4 Å². The molecule has 3 heteroatoms. The highest BCUT2D eigenvalue weighted by Gasteiger charge is 2.25. The number of alkyl halides is 1. The summed E-state index contributed by atoms with van der Waals surface area (Å²) in [5, 5.41) is 9.45. The number of thioether (sulfide) groups is 1. The highest BCUT2D eigenvalue weighted by atomic mass is 35.5. The van der Waals surface area contributed by atoms with Crippen LogP contribution in [0.15, 0.2) is 24.3 Å². The summed E-state index contributed by atoms with van der Waals surface area (Å²) in [6.45, 7) is 0. The summed E-state index contributed by atoms with van der Waals surface area (Å²) in [5.41, 5.74) is 1.26. The Kier molecular flexibility index (Phi) is 3.24. The van der Waals surface area contributed by atoms with Crippen LogP contribution in [0.4, 0.5) is 0 Å². The van der Waals surface area contributed by atoms with Crippen LogP contribution in [-0.2, 0) is 6.42 Å². The van der Waals surface area contributed by atoms with E-state index in [4.69, 9.17) is 16.7 Å². The van der Waals surface area contributed by atoms with Crippen LogP contribution in [0, 0.1) is 5.92 Å². The lowest BCUT2D eigenvalue weighted by Crippen LogP contribution is -2.14. The highest BCUT2D eigenvalue weighted by Crippen LogP contribution is 2.31. The molecule has 1 heterocycles. The zero-order valence-electron chi connectivity index (χ0n) is 7.82. The van der Waals surface area contributed by atoms with E-state index in [9.17, 15) is 0 Å². The van der Waals surface area contributed by atoms with Crippen molar-refractivity contribution in [1.82, 2.24) is 0 Å². The lowest BCUT2D eigenvalue weighted by atomic mass is 9.98. The Morgan fingerprint density at radius 3 is 2.57 bits per heavy atom. The van der Waals surface area contributed by atoms with Gasteiger partial charge in [-0.05, 0) is 35.8 Å². The van der Waals surface area contributed by atoms with Gasteiger partial charge in [0.05, 0.1) is 0 Å². The Balaban J connectivity index is 2.00. The molecule has 1 aliphatic heterocycles. The van der Waals surface area contributed by atoms with Crippen LogP contribution >= 0.6 is 23.4 Å². The number of hydrogen-bond donors (Lipinski definition) is 1. The number of phenols is 1. The van der Waals surface area contributed by atoms with Gasteiger partial charge >= 0.3 is 0 Å². The first-order chi connectivity index (χ1) is 6.75. The molecule has 0 saturated carbocycles. The van der Waals surface area contributed by atoms with Crippen LogP contribution in [0.2, 0.25) is 0 Å². The number of halogens is 1. The van der Waals surface area contributed by atoms with E-state index in [-0.39, 0.29) is 0 Å². The third-order valence-corrected chi connectivity index (χ3v) is 4.51. The topological polar surface area (TPSA) is 20.2 Å². The van der Waals surface area contributed by atoms with Gasteiger partial charge in [0.25, 0.3) is 0 Å². The largest absolute Gasteiger partial charge is 0.508 e. The highest BCUT2D eigenvalue weighted by molar-refractivity contribution is 7.99. The molecule has 1 aromatic carbocycles. The summed E-state index contributed by atoms with van der Waals surface area (Å²) in [6.07, 6.45) is 1.03. The van der Waals surface area contributed by atoms with Gasteiger partial charge in [0, 0.05) is 11.1 Å². The van der Waals surface area contributed by atoms with Gasteiger partial charge in [0.1, 0.15) is 5.75 Å². The molecule has 0 radical (unpaired) electrons. The Labute approximate surface area is 93.5 Å². The molecule has 2 unspecified atom stereocenters. The molecular formula is C11H13ClOS. The third kappa shape index (κ3) is 2.37. The smallest absolute Gasteiger partial charge is 0.115 e. The second kappa shape index (κ2) is 4.45. The third-order valence-electron chi connectivity index (χ3n) is 2.55. The molecule has 0 spiro atoms. The summed E-state index contributed by atoms with van der Waals surface area (Å²) in [7, 11) is 0. The van der Waals surface area contributed by atoms with Crippen LogP contribution in [0.5, 0.6) is 5.75 Å². The van der Waals surface area contributed by atoms with Gasteiger partial charge in [0.2, 0.25) is 0 Å². The minimum absolute atomic E-state index is 0.314. The van der Waals surface area contributed by atoms with Gasteiger partial charge in [-0.25, -0.2) is 0 Å². The fourth-order valence-corrected chi connectivity index (χ4v) is 3.53. The quantitative estimate of drug-likeness (QED) is 0.786. The van der Waals surface area contributed by atoms with Gasteiger partial charge in [-0.1, -0.05) is 12.1 Å². The van der Waals surface area contributed by atoms with Gasteiger partial charge < -0.3 is 5.11 Å². The van der Waals surface area contributed by atoms with Gasteiger partial charge in [-0.15, -0.1) is 11.6 Å². The zero-order chi connectivity index (χ0) is 9.97. The Hall–Kier alpha value is -0.340. The minimum atomic E-state index is 0.314. The fourth-order valence-electron chi connectivity index (χ4n) is 1.69. The van der Waals surface area contributed by atoms with Crippen molar-refractivity contribution in [2.24, 2.45) is 5.92 Å². The van der Waals surface area contributed by atoms with E-state index >= 15 is 0 Å². The number of phenolic OH excluding ortho intramolecular Hbond substituents is 1. The van der Waals surface area contributed by atoms with Crippen molar-refractivity contribution < 1.29 is 5.11 Å². The Morgan fingerprint density at radius 1 is 1.29 bits per heavy atom. The SMILES string of the molecule is Oc1ccc(CC2CSCC2Cl)cc1. The minimum Gasteiger partial charge on any atom is -0.508 e. The standard InChI is InChI=1S/C11H13ClOS/c12-11-7-14-6-9(11)5-8-1-3-10(13)4-2-8/h1-4,9,11,13H,5-7H2. The maximum Gasteiger partial charge on any atom is 0.115 e. The summed E-state index contributed by atoms with van der Waals surface area (Å²) in [4.78, 5) is 0. The zero-order valence-corrected chi connectivity index (χ0v) is 9.39. The molecule has 1 fully saturated rings. The van der Waals surface area contributed by atoms with E-state index < -0.39 is 0 Å². The summed E-state index contributed by atoms with van der Waals surface area (Å²) in [6, 6.07) is 7.42. The van der Waals surface area contributed by atoms with Crippen molar-refractivity contribution in [3.63, 3.8) is 0 Å². The molecule has 14 heavy (non-hydrogen) atoms. The van der Waals surface area contributed by atoms with Crippen LogP contribution in [0.25, 0.3) is 0 Å². The van der Waals surface area contributed by atoms with Crippen molar-refractivity contribution in [1.29, 1.82) is 0 Å². The second-order valence-electron chi connectivity index (χ2n) is 3.68.